The molecule has 2 unspecified atom stereocenters. The Hall–Kier alpha value is -0.0500. The minimum absolute atomic E-state index is 0.0506. The van der Waals surface area contributed by atoms with Crippen LogP contribution in [0.3, 0.4) is 0 Å². The van der Waals surface area contributed by atoms with Gasteiger partial charge in [-0.25, -0.2) is 0 Å². The van der Waals surface area contributed by atoms with Crippen molar-refractivity contribution >= 4 is 7.92 Å². The quantitative estimate of drug-likeness (QED) is 0.399. The first-order valence-electron chi connectivity index (χ1n) is 6.69. The van der Waals surface area contributed by atoms with Gasteiger partial charge in [-0.05, 0) is 55.8 Å². The molecule has 0 aromatic rings. The zero-order chi connectivity index (χ0) is 12.6. The summed E-state index contributed by atoms with van der Waals surface area (Å²) in [5.41, 5.74) is 3.53. The van der Waals surface area contributed by atoms with E-state index in [-0.39, 0.29) is 7.92 Å². The highest BCUT2D eigenvalue weighted by Gasteiger charge is 2.16. The molecule has 1 heteroatoms. The SMILES string of the molecule is CC=C=C(C(CC)CCC(C)C)P(C)CC. The largest absolute Gasteiger partial charge is 0.121 e. The average Bonchev–Trinajstić information content (AvgIpc) is 2.27. The summed E-state index contributed by atoms with van der Waals surface area (Å²) in [6, 6.07) is 0. The van der Waals surface area contributed by atoms with E-state index >= 15 is 0 Å². The predicted octanol–water partition coefficient (Wildman–Crippen LogP) is 5.64. The Morgan fingerprint density at radius 3 is 2.25 bits per heavy atom. The second kappa shape index (κ2) is 9.03. The molecular formula is C15H29P. The summed E-state index contributed by atoms with van der Waals surface area (Å²) in [5.74, 6) is 1.60. The van der Waals surface area contributed by atoms with Gasteiger partial charge in [0, 0.05) is 0 Å². The summed E-state index contributed by atoms with van der Waals surface area (Å²) in [6.45, 7) is 13.8. The van der Waals surface area contributed by atoms with Crippen LogP contribution in [0.15, 0.2) is 17.1 Å². The van der Waals surface area contributed by atoms with Crippen LogP contribution in [0.25, 0.3) is 0 Å². The normalized spacial score (nSPS) is 14.4. The molecule has 0 saturated carbocycles. The second-order valence-corrected chi connectivity index (χ2v) is 7.42. The first kappa shape index (κ1) is 16.0. The van der Waals surface area contributed by atoms with Crippen molar-refractivity contribution in [2.45, 2.75) is 53.9 Å². The second-order valence-electron chi connectivity index (χ2n) is 4.91. The molecule has 2 atom stereocenters. The van der Waals surface area contributed by atoms with Gasteiger partial charge in [0.1, 0.15) is 0 Å². The van der Waals surface area contributed by atoms with Crippen molar-refractivity contribution in [2.24, 2.45) is 11.8 Å². The summed E-state index contributed by atoms with van der Waals surface area (Å²) in [7, 11) is 0.0506. The molecule has 0 aliphatic heterocycles. The molecule has 0 rings (SSSR count). The van der Waals surface area contributed by atoms with Crippen LogP contribution in [0.4, 0.5) is 0 Å². The third-order valence-corrected chi connectivity index (χ3v) is 5.42. The maximum atomic E-state index is 3.53. The molecule has 0 aliphatic carbocycles. The van der Waals surface area contributed by atoms with Crippen molar-refractivity contribution in [3.05, 3.63) is 17.1 Å². The smallest absolute Gasteiger partial charge is 0.00228 e. The predicted molar refractivity (Wildman–Crippen MR) is 78.5 cm³/mol. The molecule has 0 heterocycles. The van der Waals surface area contributed by atoms with Gasteiger partial charge in [-0.1, -0.05) is 42.0 Å². The zero-order valence-corrected chi connectivity index (χ0v) is 12.9. The Labute approximate surface area is 104 Å². The van der Waals surface area contributed by atoms with Crippen LogP contribution in [-0.4, -0.2) is 12.8 Å². The molecule has 94 valence electrons. The molecule has 0 aliphatic rings. The van der Waals surface area contributed by atoms with Crippen molar-refractivity contribution in [3.63, 3.8) is 0 Å². The molecule has 0 aromatic heterocycles. The Bertz CT molecular complexity index is 234. The lowest BCUT2D eigenvalue weighted by molar-refractivity contribution is 0.468. The van der Waals surface area contributed by atoms with Gasteiger partial charge in [-0.15, -0.1) is 5.73 Å². The highest BCUT2D eigenvalue weighted by molar-refractivity contribution is 7.61. The van der Waals surface area contributed by atoms with E-state index < -0.39 is 0 Å². The zero-order valence-electron chi connectivity index (χ0n) is 12.0. The molecule has 0 aromatic carbocycles. The molecule has 0 amide bonds. The van der Waals surface area contributed by atoms with E-state index in [1.807, 2.05) is 0 Å². The van der Waals surface area contributed by atoms with E-state index in [0.29, 0.717) is 0 Å². The fraction of sp³-hybridized carbons (Fsp3) is 0.800. The van der Waals surface area contributed by atoms with Gasteiger partial charge < -0.3 is 0 Å². The van der Waals surface area contributed by atoms with Gasteiger partial charge in [0.15, 0.2) is 0 Å². The summed E-state index contributed by atoms with van der Waals surface area (Å²) in [4.78, 5) is 0. The topological polar surface area (TPSA) is 0 Å². The minimum atomic E-state index is 0.0506. The van der Waals surface area contributed by atoms with Crippen LogP contribution >= 0.6 is 7.92 Å². The molecule has 0 radical (unpaired) electrons. The summed E-state index contributed by atoms with van der Waals surface area (Å²) >= 11 is 0. The van der Waals surface area contributed by atoms with Gasteiger partial charge in [0.05, 0.1) is 0 Å². The third-order valence-electron chi connectivity index (χ3n) is 3.15. The number of hydrogen-bond donors (Lipinski definition) is 0. The molecular weight excluding hydrogens is 211 g/mol. The Morgan fingerprint density at radius 1 is 1.25 bits per heavy atom. The molecule has 0 bridgehead atoms. The summed E-state index contributed by atoms with van der Waals surface area (Å²) in [6.07, 6.45) is 7.36. The third kappa shape index (κ3) is 5.88. The van der Waals surface area contributed by atoms with Crippen LogP contribution < -0.4 is 0 Å². The lowest BCUT2D eigenvalue weighted by Gasteiger charge is -2.23. The van der Waals surface area contributed by atoms with Gasteiger partial charge in [0.25, 0.3) is 0 Å². The maximum Gasteiger partial charge on any atom is -0.00228 e. The highest BCUT2D eigenvalue weighted by atomic mass is 31.1. The highest BCUT2D eigenvalue weighted by Crippen LogP contribution is 2.46. The van der Waals surface area contributed by atoms with E-state index in [2.05, 4.69) is 53.1 Å². The maximum absolute atomic E-state index is 3.53. The van der Waals surface area contributed by atoms with Gasteiger partial charge in [-0.2, -0.15) is 0 Å². The van der Waals surface area contributed by atoms with Crippen molar-refractivity contribution in [2.75, 3.05) is 12.8 Å². The lowest BCUT2D eigenvalue weighted by atomic mass is 9.95. The average molecular weight is 240 g/mol. The number of allylic oxidation sites excluding steroid dienone is 1. The summed E-state index contributed by atoms with van der Waals surface area (Å²) < 4.78 is 0. The molecule has 16 heavy (non-hydrogen) atoms. The van der Waals surface area contributed by atoms with Crippen LogP contribution in [0, 0.1) is 11.8 Å². The van der Waals surface area contributed by atoms with E-state index in [1.165, 1.54) is 25.4 Å². The number of rotatable bonds is 7. The Morgan fingerprint density at radius 2 is 1.88 bits per heavy atom. The van der Waals surface area contributed by atoms with Gasteiger partial charge in [0.2, 0.25) is 0 Å². The fourth-order valence-corrected chi connectivity index (χ4v) is 3.55. The molecule has 0 saturated heterocycles. The molecule has 0 N–H and O–H groups in total. The minimum Gasteiger partial charge on any atom is -0.121 e. The first-order chi connectivity index (χ1) is 7.56. The van der Waals surface area contributed by atoms with Gasteiger partial charge in [-0.3, -0.25) is 0 Å². The van der Waals surface area contributed by atoms with Crippen molar-refractivity contribution in [1.82, 2.24) is 0 Å². The fourth-order valence-electron chi connectivity index (χ4n) is 1.93. The van der Waals surface area contributed by atoms with Crippen molar-refractivity contribution in [1.29, 1.82) is 0 Å². The van der Waals surface area contributed by atoms with Crippen LogP contribution in [-0.2, 0) is 0 Å². The Balaban J connectivity index is 4.67. The Kier molecular flexibility index (Phi) is 9.00. The monoisotopic (exact) mass is 240 g/mol. The summed E-state index contributed by atoms with van der Waals surface area (Å²) in [5, 5.41) is 1.61. The molecule has 0 nitrogen and oxygen atoms in total. The van der Waals surface area contributed by atoms with E-state index in [1.54, 1.807) is 5.31 Å². The van der Waals surface area contributed by atoms with Crippen LogP contribution in [0.5, 0.6) is 0 Å². The van der Waals surface area contributed by atoms with E-state index in [9.17, 15) is 0 Å². The van der Waals surface area contributed by atoms with E-state index in [4.69, 9.17) is 0 Å². The molecule has 0 fully saturated rings. The first-order valence-corrected chi connectivity index (χ1v) is 8.66. The lowest BCUT2D eigenvalue weighted by Crippen LogP contribution is -2.04. The van der Waals surface area contributed by atoms with Crippen LogP contribution in [0.2, 0.25) is 0 Å². The van der Waals surface area contributed by atoms with E-state index in [0.717, 1.165) is 11.8 Å². The van der Waals surface area contributed by atoms with Crippen molar-refractivity contribution in [3.8, 4) is 0 Å². The van der Waals surface area contributed by atoms with Crippen molar-refractivity contribution < 1.29 is 0 Å². The van der Waals surface area contributed by atoms with Gasteiger partial charge >= 0.3 is 0 Å². The van der Waals surface area contributed by atoms with Crippen LogP contribution in [0.1, 0.15) is 53.9 Å². The number of hydrogen-bond acceptors (Lipinski definition) is 0. The molecule has 0 spiro atoms. The standard InChI is InChI=1S/C15H29P/c1-7-10-15(16(6)9-3)14(8-2)12-11-13(4)5/h7,13-14H,8-9,11-12H2,1-6H3.